The van der Waals surface area contributed by atoms with Crippen molar-refractivity contribution in [3.8, 4) is 0 Å². The van der Waals surface area contributed by atoms with E-state index in [9.17, 15) is 0 Å². The van der Waals surface area contributed by atoms with Crippen LogP contribution in [0.25, 0.3) is 0 Å². The highest BCUT2D eigenvalue weighted by atomic mass is 15.0. The van der Waals surface area contributed by atoms with Crippen LogP contribution in [0.1, 0.15) is 27.2 Å². The van der Waals surface area contributed by atoms with Gasteiger partial charge >= 0.3 is 0 Å². The van der Waals surface area contributed by atoms with Crippen LogP contribution in [0.3, 0.4) is 0 Å². The van der Waals surface area contributed by atoms with Crippen molar-refractivity contribution in [2.45, 2.75) is 33.4 Å². The summed E-state index contributed by atoms with van der Waals surface area (Å²) in [5.74, 6) is 0.690. The smallest absolute Gasteiger partial charge is 0.137 e. The molecule has 0 saturated heterocycles. The summed E-state index contributed by atoms with van der Waals surface area (Å²) in [5, 5.41) is 0. The fourth-order valence-corrected chi connectivity index (χ4v) is 1.02. The average Bonchev–Trinajstić information content (AvgIpc) is 2.13. The third-order valence-electron chi connectivity index (χ3n) is 1.41. The summed E-state index contributed by atoms with van der Waals surface area (Å²) in [6.45, 7) is 6.39. The zero-order valence-electron chi connectivity index (χ0n) is 6.83. The average molecular weight is 138 g/mol. The van der Waals surface area contributed by atoms with Gasteiger partial charge in [0.05, 0.1) is 5.71 Å². The SMILES string of the molecule is CC(C)CC1=NC(C)N=C1. The molecule has 1 heterocycles. The second kappa shape index (κ2) is 2.95. The van der Waals surface area contributed by atoms with E-state index in [-0.39, 0.29) is 6.17 Å². The Bertz CT molecular complexity index is 168. The third kappa shape index (κ3) is 1.94. The van der Waals surface area contributed by atoms with E-state index in [1.54, 1.807) is 0 Å². The molecular formula is C8H14N2. The number of nitrogens with zero attached hydrogens (tertiary/aromatic N) is 2. The molecule has 1 unspecified atom stereocenters. The Morgan fingerprint density at radius 1 is 1.60 bits per heavy atom. The van der Waals surface area contributed by atoms with Crippen molar-refractivity contribution >= 4 is 11.9 Å². The van der Waals surface area contributed by atoms with Crippen molar-refractivity contribution < 1.29 is 0 Å². The molecule has 1 rings (SSSR count). The molecule has 1 aliphatic heterocycles. The Morgan fingerprint density at radius 2 is 2.30 bits per heavy atom. The predicted molar refractivity (Wildman–Crippen MR) is 44.8 cm³/mol. The van der Waals surface area contributed by atoms with Crippen molar-refractivity contribution in [3.63, 3.8) is 0 Å². The molecule has 0 N–H and O–H groups in total. The van der Waals surface area contributed by atoms with Crippen LogP contribution in [0.4, 0.5) is 0 Å². The molecule has 56 valence electrons. The van der Waals surface area contributed by atoms with E-state index in [1.165, 1.54) is 0 Å². The lowest BCUT2D eigenvalue weighted by Gasteiger charge is -1.99. The first-order valence-electron chi connectivity index (χ1n) is 3.78. The highest BCUT2D eigenvalue weighted by Gasteiger charge is 2.07. The van der Waals surface area contributed by atoms with Crippen LogP contribution in [0, 0.1) is 5.92 Å². The lowest BCUT2D eigenvalue weighted by atomic mass is 10.1. The van der Waals surface area contributed by atoms with Gasteiger partial charge in [-0.1, -0.05) is 13.8 Å². The fraction of sp³-hybridized carbons (Fsp3) is 0.750. The van der Waals surface area contributed by atoms with Gasteiger partial charge in [0.1, 0.15) is 6.17 Å². The molecule has 1 aliphatic rings. The first-order chi connectivity index (χ1) is 4.68. The van der Waals surface area contributed by atoms with Crippen molar-refractivity contribution in [3.05, 3.63) is 0 Å². The standard InChI is InChI=1S/C8H14N2/c1-6(2)4-8-5-9-7(3)10-8/h5-7H,4H2,1-3H3. The molecule has 0 radical (unpaired) electrons. The van der Waals surface area contributed by atoms with E-state index in [2.05, 4.69) is 23.8 Å². The third-order valence-corrected chi connectivity index (χ3v) is 1.41. The maximum Gasteiger partial charge on any atom is 0.137 e. The minimum Gasteiger partial charge on any atom is -0.265 e. The molecule has 2 nitrogen and oxygen atoms in total. The molecule has 0 aromatic rings. The second-order valence-corrected chi connectivity index (χ2v) is 3.13. The molecule has 0 aromatic heterocycles. The number of hydrogen-bond donors (Lipinski definition) is 0. The first kappa shape index (κ1) is 7.45. The van der Waals surface area contributed by atoms with E-state index in [4.69, 9.17) is 0 Å². The molecular weight excluding hydrogens is 124 g/mol. The summed E-state index contributed by atoms with van der Waals surface area (Å²) in [6, 6.07) is 0. The van der Waals surface area contributed by atoms with Crippen LogP contribution in [-0.2, 0) is 0 Å². The van der Waals surface area contributed by atoms with Crippen LogP contribution in [0.5, 0.6) is 0 Å². The minimum absolute atomic E-state index is 0.175. The second-order valence-electron chi connectivity index (χ2n) is 3.13. The van der Waals surface area contributed by atoms with Crippen molar-refractivity contribution in [1.82, 2.24) is 0 Å². The van der Waals surface area contributed by atoms with Gasteiger partial charge in [-0.15, -0.1) is 0 Å². The molecule has 0 aliphatic carbocycles. The minimum atomic E-state index is 0.175. The zero-order chi connectivity index (χ0) is 7.56. The summed E-state index contributed by atoms with van der Waals surface area (Å²) in [6.07, 6.45) is 3.13. The normalized spacial score (nSPS) is 24.0. The highest BCUT2D eigenvalue weighted by Crippen LogP contribution is 2.07. The van der Waals surface area contributed by atoms with Crippen LogP contribution >= 0.6 is 0 Å². The largest absolute Gasteiger partial charge is 0.265 e. The van der Waals surface area contributed by atoms with E-state index < -0.39 is 0 Å². The maximum absolute atomic E-state index is 4.32. The van der Waals surface area contributed by atoms with Gasteiger partial charge in [-0.25, -0.2) is 0 Å². The fourth-order valence-electron chi connectivity index (χ4n) is 1.02. The Balaban J connectivity index is 2.44. The Morgan fingerprint density at radius 3 is 2.70 bits per heavy atom. The van der Waals surface area contributed by atoms with Gasteiger partial charge in [0.2, 0.25) is 0 Å². The van der Waals surface area contributed by atoms with E-state index in [1.807, 2.05) is 13.1 Å². The molecule has 0 spiro atoms. The zero-order valence-corrected chi connectivity index (χ0v) is 6.83. The van der Waals surface area contributed by atoms with E-state index in [0.29, 0.717) is 5.92 Å². The van der Waals surface area contributed by atoms with Crippen LogP contribution in [0.2, 0.25) is 0 Å². The van der Waals surface area contributed by atoms with Crippen molar-refractivity contribution in [2.24, 2.45) is 15.9 Å². The van der Waals surface area contributed by atoms with Gasteiger partial charge in [0.25, 0.3) is 0 Å². The summed E-state index contributed by atoms with van der Waals surface area (Å²) in [7, 11) is 0. The number of rotatable bonds is 2. The Kier molecular flexibility index (Phi) is 2.20. The highest BCUT2D eigenvalue weighted by molar-refractivity contribution is 6.31. The molecule has 1 atom stereocenters. The quantitative estimate of drug-likeness (QED) is 0.557. The lowest BCUT2D eigenvalue weighted by molar-refractivity contribution is 0.684. The van der Waals surface area contributed by atoms with Crippen LogP contribution in [-0.4, -0.2) is 18.1 Å². The molecule has 0 saturated carbocycles. The Labute approximate surface area is 62.1 Å². The summed E-state index contributed by atoms with van der Waals surface area (Å²) < 4.78 is 0. The Hall–Kier alpha value is -0.660. The lowest BCUT2D eigenvalue weighted by Crippen LogP contribution is -2.01. The van der Waals surface area contributed by atoms with Crippen molar-refractivity contribution in [1.29, 1.82) is 0 Å². The van der Waals surface area contributed by atoms with Crippen LogP contribution in [0.15, 0.2) is 9.98 Å². The summed E-state index contributed by atoms with van der Waals surface area (Å²) in [4.78, 5) is 8.46. The summed E-state index contributed by atoms with van der Waals surface area (Å²) >= 11 is 0. The molecule has 10 heavy (non-hydrogen) atoms. The molecule has 2 heteroatoms. The van der Waals surface area contributed by atoms with E-state index in [0.717, 1.165) is 12.1 Å². The maximum atomic E-state index is 4.32. The first-order valence-corrected chi connectivity index (χ1v) is 3.78. The predicted octanol–water partition coefficient (Wildman–Crippen LogP) is 1.90. The van der Waals surface area contributed by atoms with Gasteiger partial charge in [-0.2, -0.15) is 0 Å². The van der Waals surface area contributed by atoms with Gasteiger partial charge < -0.3 is 0 Å². The number of aliphatic imine (C=N–C) groups is 2. The number of hydrogen-bond acceptors (Lipinski definition) is 2. The van der Waals surface area contributed by atoms with Gasteiger partial charge in [-0.3, -0.25) is 9.98 Å². The van der Waals surface area contributed by atoms with E-state index >= 15 is 0 Å². The van der Waals surface area contributed by atoms with Gasteiger partial charge in [-0.05, 0) is 19.3 Å². The monoisotopic (exact) mass is 138 g/mol. The molecule has 0 bridgehead atoms. The van der Waals surface area contributed by atoms with Crippen LogP contribution < -0.4 is 0 Å². The summed E-state index contributed by atoms with van der Waals surface area (Å²) in [5.41, 5.74) is 1.16. The van der Waals surface area contributed by atoms with Gasteiger partial charge in [0, 0.05) is 6.21 Å². The topological polar surface area (TPSA) is 24.7 Å². The molecule has 0 aromatic carbocycles. The van der Waals surface area contributed by atoms with Crippen molar-refractivity contribution in [2.75, 3.05) is 0 Å². The molecule has 0 fully saturated rings. The molecule has 0 amide bonds. The van der Waals surface area contributed by atoms with Gasteiger partial charge in [0.15, 0.2) is 0 Å².